The molecule has 0 radical (unpaired) electrons. The highest BCUT2D eigenvalue weighted by atomic mass is 19.4. The number of alkyl halides is 9. The van der Waals surface area contributed by atoms with Crippen molar-refractivity contribution in [1.29, 1.82) is 0 Å². The second-order valence-electron chi connectivity index (χ2n) is 7.77. The third-order valence-electron chi connectivity index (χ3n) is 5.05. The van der Waals surface area contributed by atoms with Crippen LogP contribution in [0.4, 0.5) is 62.3 Å². The largest absolute Gasteiger partial charge is 0.418 e. The highest BCUT2D eigenvalue weighted by Crippen LogP contribution is 2.39. The number of nitrogens with two attached hydrogens (primary N) is 2. The van der Waals surface area contributed by atoms with Crippen LogP contribution < -0.4 is 22.1 Å². The maximum absolute atomic E-state index is 13.7. The summed E-state index contributed by atoms with van der Waals surface area (Å²) >= 11 is 0. The average Bonchev–Trinajstić information content (AvgIpc) is 2.78. The Morgan fingerprint density at radius 2 is 1.21 bits per heavy atom. The van der Waals surface area contributed by atoms with E-state index in [0.29, 0.717) is 30.3 Å². The van der Waals surface area contributed by atoms with Gasteiger partial charge in [0.05, 0.1) is 27.9 Å². The molecule has 3 aromatic carbocycles. The molecule has 3 aromatic rings. The summed E-state index contributed by atoms with van der Waals surface area (Å²) in [4.78, 5) is 24.9. The molecule has 0 atom stereocenters. The van der Waals surface area contributed by atoms with Crippen molar-refractivity contribution in [3.8, 4) is 0 Å². The highest BCUT2D eigenvalue weighted by Gasteiger charge is 2.38. The predicted octanol–water partition coefficient (Wildman–Crippen LogP) is 6.41. The summed E-state index contributed by atoms with van der Waals surface area (Å²) < 4.78 is 120. The second-order valence-corrected chi connectivity index (χ2v) is 7.77. The number of anilines is 4. The van der Waals surface area contributed by atoms with E-state index in [0.717, 1.165) is 24.3 Å². The van der Waals surface area contributed by atoms with Gasteiger partial charge >= 0.3 is 18.5 Å². The van der Waals surface area contributed by atoms with E-state index in [2.05, 4.69) is 0 Å². The maximum atomic E-state index is 13.7. The first kappa shape index (κ1) is 28.1. The first-order valence-electron chi connectivity index (χ1n) is 10.2. The van der Waals surface area contributed by atoms with E-state index >= 15 is 0 Å². The Morgan fingerprint density at radius 1 is 0.605 bits per heavy atom. The van der Waals surface area contributed by atoms with Crippen LogP contribution in [0.3, 0.4) is 0 Å². The normalized spacial score (nSPS) is 12.2. The molecule has 15 heteroatoms. The van der Waals surface area contributed by atoms with Gasteiger partial charge in [0.1, 0.15) is 0 Å². The minimum absolute atomic E-state index is 0.339. The minimum Gasteiger partial charge on any atom is -0.399 e. The molecule has 0 spiro atoms. The zero-order valence-corrected chi connectivity index (χ0v) is 18.6. The van der Waals surface area contributed by atoms with Crippen LogP contribution in [-0.4, -0.2) is 11.8 Å². The molecule has 6 nitrogen and oxygen atoms in total. The molecule has 0 aliphatic carbocycles. The van der Waals surface area contributed by atoms with E-state index in [-0.39, 0.29) is 5.69 Å². The number of nitrogens with one attached hydrogen (secondary N) is 2. The zero-order valence-electron chi connectivity index (χ0n) is 18.6. The smallest absolute Gasteiger partial charge is 0.399 e. The van der Waals surface area contributed by atoms with Gasteiger partial charge in [-0.2, -0.15) is 39.5 Å². The van der Waals surface area contributed by atoms with E-state index in [1.807, 2.05) is 5.32 Å². The van der Waals surface area contributed by atoms with Crippen LogP contribution in [0.15, 0.2) is 54.6 Å². The van der Waals surface area contributed by atoms with Crippen molar-refractivity contribution in [2.24, 2.45) is 0 Å². The quantitative estimate of drug-likeness (QED) is 0.222. The van der Waals surface area contributed by atoms with Crippen molar-refractivity contribution in [3.63, 3.8) is 0 Å². The summed E-state index contributed by atoms with van der Waals surface area (Å²) in [5.41, 5.74) is 2.14. The van der Waals surface area contributed by atoms with Crippen molar-refractivity contribution >= 4 is 34.6 Å². The number of hydrogen-bond acceptors (Lipinski definition) is 4. The van der Waals surface area contributed by atoms with Crippen molar-refractivity contribution in [3.05, 3.63) is 82.4 Å². The summed E-state index contributed by atoms with van der Waals surface area (Å²) in [7, 11) is 0. The van der Waals surface area contributed by atoms with Gasteiger partial charge < -0.3 is 22.1 Å². The standard InChI is InChI=1S/C23H15F9N4O2/c24-21(25,26)14-8-11(33)2-4-13(14)20(38)36-18-6-3-12(9-16(18)23(30,31)32)35-19(37)10-1-5-17(34)15(7-10)22(27,28)29/h1-9H,33-34H2,(H,35,37)(H,36,38). The molecular formula is C23H15F9N4O2. The molecule has 202 valence electrons. The van der Waals surface area contributed by atoms with Crippen LogP contribution in [0.25, 0.3) is 0 Å². The van der Waals surface area contributed by atoms with E-state index < -0.39 is 75.2 Å². The van der Waals surface area contributed by atoms with Gasteiger partial charge in [-0.1, -0.05) is 0 Å². The number of hydrogen-bond donors (Lipinski definition) is 4. The number of rotatable bonds is 4. The topological polar surface area (TPSA) is 110 Å². The van der Waals surface area contributed by atoms with Gasteiger partial charge in [-0.05, 0) is 54.6 Å². The van der Waals surface area contributed by atoms with Crippen LogP contribution >= 0.6 is 0 Å². The van der Waals surface area contributed by atoms with E-state index in [9.17, 15) is 49.1 Å². The molecule has 0 unspecified atom stereocenters. The summed E-state index contributed by atoms with van der Waals surface area (Å²) in [5, 5.41) is 3.75. The lowest BCUT2D eigenvalue weighted by atomic mass is 10.0. The Hall–Kier alpha value is -4.43. The van der Waals surface area contributed by atoms with E-state index in [4.69, 9.17) is 11.5 Å². The lowest BCUT2D eigenvalue weighted by Gasteiger charge is -2.18. The van der Waals surface area contributed by atoms with Crippen molar-refractivity contribution in [2.75, 3.05) is 22.1 Å². The minimum atomic E-state index is -5.16. The van der Waals surface area contributed by atoms with E-state index in [1.54, 1.807) is 5.32 Å². The Balaban J connectivity index is 1.93. The number of nitrogen functional groups attached to an aromatic ring is 2. The first-order chi connectivity index (χ1) is 17.4. The fraction of sp³-hybridized carbons (Fsp3) is 0.130. The number of benzene rings is 3. The fourth-order valence-corrected chi connectivity index (χ4v) is 3.30. The maximum Gasteiger partial charge on any atom is 0.418 e. The molecule has 6 N–H and O–H groups in total. The second kappa shape index (κ2) is 9.79. The van der Waals surface area contributed by atoms with Crippen molar-refractivity contribution in [2.45, 2.75) is 18.5 Å². The Bertz CT molecular complexity index is 1400. The highest BCUT2D eigenvalue weighted by molar-refractivity contribution is 6.07. The molecule has 0 aromatic heterocycles. The lowest BCUT2D eigenvalue weighted by molar-refractivity contribution is -0.138. The van der Waals surface area contributed by atoms with Gasteiger partial charge in [0.15, 0.2) is 0 Å². The molecule has 0 bridgehead atoms. The third-order valence-corrected chi connectivity index (χ3v) is 5.05. The number of carbonyl (C=O) groups excluding carboxylic acids is 2. The van der Waals surface area contributed by atoms with Crippen molar-refractivity contribution < 1.29 is 49.1 Å². The number of halogens is 9. The number of amides is 2. The summed E-state index contributed by atoms with van der Waals surface area (Å²) in [6, 6.07) is 6.08. The Labute approximate surface area is 207 Å². The molecule has 0 aliphatic rings. The van der Waals surface area contributed by atoms with E-state index in [1.165, 1.54) is 0 Å². The van der Waals surface area contributed by atoms with Crippen LogP contribution in [0, 0.1) is 0 Å². The zero-order chi connectivity index (χ0) is 28.6. The van der Waals surface area contributed by atoms with Crippen molar-refractivity contribution in [1.82, 2.24) is 0 Å². The van der Waals surface area contributed by atoms with Gasteiger partial charge in [0, 0.05) is 22.6 Å². The predicted molar refractivity (Wildman–Crippen MR) is 119 cm³/mol. The number of carbonyl (C=O) groups is 2. The summed E-state index contributed by atoms with van der Waals surface area (Å²) in [6.45, 7) is 0. The SMILES string of the molecule is Nc1ccc(C(=O)Nc2ccc(NC(=O)c3ccc(N)c(C(F)(F)F)c3)cc2C(F)(F)F)c(C(F)(F)F)c1. The van der Waals surface area contributed by atoms with Gasteiger partial charge in [-0.15, -0.1) is 0 Å². The molecule has 38 heavy (non-hydrogen) atoms. The van der Waals surface area contributed by atoms with Crippen LogP contribution in [0.5, 0.6) is 0 Å². The van der Waals surface area contributed by atoms with Crippen LogP contribution in [0.1, 0.15) is 37.4 Å². The molecule has 0 aliphatic heterocycles. The molecule has 0 saturated carbocycles. The van der Waals surface area contributed by atoms with Gasteiger partial charge in [0.2, 0.25) is 0 Å². The molecule has 2 amide bonds. The first-order valence-corrected chi connectivity index (χ1v) is 10.2. The lowest BCUT2D eigenvalue weighted by Crippen LogP contribution is -2.21. The van der Waals surface area contributed by atoms with Gasteiger partial charge in [-0.25, -0.2) is 0 Å². The molecular weight excluding hydrogens is 535 g/mol. The van der Waals surface area contributed by atoms with Crippen LogP contribution in [-0.2, 0) is 18.5 Å². The molecule has 0 heterocycles. The Kier molecular flexibility index (Phi) is 7.25. The summed E-state index contributed by atoms with van der Waals surface area (Å²) in [5.74, 6) is -2.74. The summed E-state index contributed by atoms with van der Waals surface area (Å²) in [6.07, 6.45) is -15.1. The van der Waals surface area contributed by atoms with Crippen LogP contribution in [0.2, 0.25) is 0 Å². The third kappa shape index (κ3) is 6.27. The van der Waals surface area contributed by atoms with Gasteiger partial charge in [-0.3, -0.25) is 9.59 Å². The molecule has 0 saturated heterocycles. The average molecular weight is 550 g/mol. The monoisotopic (exact) mass is 550 g/mol. The Morgan fingerprint density at radius 3 is 1.79 bits per heavy atom. The fourth-order valence-electron chi connectivity index (χ4n) is 3.30. The molecule has 0 fully saturated rings. The van der Waals surface area contributed by atoms with Gasteiger partial charge in [0.25, 0.3) is 11.8 Å². The molecule has 3 rings (SSSR count).